The van der Waals surface area contributed by atoms with E-state index in [9.17, 15) is 19.2 Å². The summed E-state index contributed by atoms with van der Waals surface area (Å²) < 4.78 is 35.7. The van der Waals surface area contributed by atoms with Gasteiger partial charge in [-0.2, -0.15) is 0 Å². The van der Waals surface area contributed by atoms with Gasteiger partial charge in [-0.25, -0.2) is 23.9 Å². The molecular formula is C52H60FN9O7S. The molecule has 4 amide bonds. The molecule has 4 aromatic heterocycles. The van der Waals surface area contributed by atoms with Crippen LogP contribution in [-0.2, 0) is 19.1 Å². The van der Waals surface area contributed by atoms with E-state index in [0.717, 1.165) is 46.3 Å². The highest BCUT2D eigenvalue weighted by Crippen LogP contribution is 2.49. The van der Waals surface area contributed by atoms with Gasteiger partial charge in [-0.15, -0.1) is 11.3 Å². The van der Waals surface area contributed by atoms with Gasteiger partial charge in [-0.05, 0) is 98.7 Å². The minimum absolute atomic E-state index is 0.150. The molecule has 0 radical (unpaired) electrons. The molecule has 4 N–H and O–H groups in total. The number of nitrogens with zero attached hydrogens (tertiary/aromatic N) is 5. The fourth-order valence-electron chi connectivity index (χ4n) is 10.9. The first-order chi connectivity index (χ1) is 33.8. The maximum absolute atomic E-state index is 17.0. The van der Waals surface area contributed by atoms with Crippen LogP contribution >= 0.6 is 11.3 Å². The monoisotopic (exact) mass is 973 g/mol. The Labute approximate surface area is 409 Å². The standard InChI is InChI=1S/C52H60FN9O7S/c1-27(2)44(58-51(65)67-5)48(63)60-19-9-13-37(60)46-54-25-34(56-46)30-15-16-36-32(21-30)23-39-43-33(53)22-31(24-40(43)69-50(62(36)39)42-18-17-41(70-42)29-11-7-8-12-29)35-26-55-47(57-35)38-14-10-20-61(38)49(64)45(28(3)4)59-52(66)68-6/h15-18,21-29,37-38,44-45,50H,7-14,19-20H2,1-6H3,(H,54,56)(H,55,57)(H,58,65)(H,59,66)/t37-,38-,44-,45-,50?/m0/s1. The smallest absolute Gasteiger partial charge is 0.407 e. The molecule has 10 rings (SSSR count). The molecule has 2 aromatic carbocycles. The van der Waals surface area contributed by atoms with Crippen molar-refractivity contribution in [2.24, 2.45) is 11.8 Å². The minimum Gasteiger partial charge on any atom is -0.464 e. The molecule has 368 valence electrons. The van der Waals surface area contributed by atoms with Crippen molar-refractivity contribution in [3.8, 4) is 39.5 Å². The largest absolute Gasteiger partial charge is 0.464 e. The number of halogens is 1. The number of likely N-dealkylation sites (tertiary alicyclic amines) is 2. The summed E-state index contributed by atoms with van der Waals surface area (Å²) in [5, 5.41) is 6.30. The lowest BCUT2D eigenvalue weighted by Crippen LogP contribution is -2.51. The summed E-state index contributed by atoms with van der Waals surface area (Å²) in [6, 6.07) is 13.8. The average Bonchev–Trinajstić information content (AvgIpc) is 4.20. The second-order valence-electron chi connectivity index (χ2n) is 19.7. The molecule has 5 atom stereocenters. The third-order valence-electron chi connectivity index (χ3n) is 14.6. The van der Waals surface area contributed by atoms with Crippen molar-refractivity contribution in [2.45, 2.75) is 115 Å². The van der Waals surface area contributed by atoms with E-state index in [1.54, 1.807) is 33.5 Å². The van der Waals surface area contributed by atoms with Gasteiger partial charge in [0.2, 0.25) is 18.0 Å². The van der Waals surface area contributed by atoms with Crippen molar-refractivity contribution >= 4 is 46.2 Å². The van der Waals surface area contributed by atoms with Gasteiger partial charge in [0, 0.05) is 34.5 Å². The molecule has 3 fully saturated rings. The zero-order valence-corrected chi connectivity index (χ0v) is 41.2. The summed E-state index contributed by atoms with van der Waals surface area (Å²) in [4.78, 5) is 74.3. The van der Waals surface area contributed by atoms with E-state index >= 15 is 4.39 Å². The summed E-state index contributed by atoms with van der Waals surface area (Å²) in [5.74, 6) is 1.01. The van der Waals surface area contributed by atoms with Crippen LogP contribution in [0.3, 0.4) is 0 Å². The highest BCUT2D eigenvalue weighted by Gasteiger charge is 2.40. The predicted molar refractivity (Wildman–Crippen MR) is 262 cm³/mol. The van der Waals surface area contributed by atoms with Crippen molar-refractivity contribution in [3.63, 3.8) is 0 Å². The van der Waals surface area contributed by atoms with Gasteiger partial charge in [0.15, 0.2) is 0 Å². The van der Waals surface area contributed by atoms with Crippen LogP contribution in [0.2, 0.25) is 0 Å². The van der Waals surface area contributed by atoms with Crippen molar-refractivity contribution in [3.05, 3.63) is 88.1 Å². The molecule has 1 saturated carbocycles. The molecule has 7 heterocycles. The molecule has 18 heteroatoms. The number of aromatic amines is 2. The number of fused-ring (bicyclic) bond motifs is 5. The molecular weight excluding hydrogens is 914 g/mol. The number of nitrogens with one attached hydrogen (secondary N) is 4. The van der Waals surface area contributed by atoms with E-state index < -0.39 is 36.3 Å². The van der Waals surface area contributed by atoms with Crippen LogP contribution in [0.15, 0.2) is 60.9 Å². The molecule has 2 saturated heterocycles. The minimum atomic E-state index is -0.769. The number of rotatable bonds is 12. The maximum atomic E-state index is 17.0. The summed E-state index contributed by atoms with van der Waals surface area (Å²) in [5.41, 5.74) is 4.72. The number of alkyl carbamates (subject to hydrolysis) is 2. The average molecular weight is 974 g/mol. The highest BCUT2D eigenvalue weighted by molar-refractivity contribution is 7.12. The molecule has 0 spiro atoms. The Hall–Kier alpha value is -6.69. The quantitative estimate of drug-likeness (QED) is 0.0925. The van der Waals surface area contributed by atoms with Crippen LogP contribution in [0, 0.1) is 17.7 Å². The lowest BCUT2D eigenvalue weighted by molar-refractivity contribution is -0.136. The number of H-pyrrole nitrogens is 2. The van der Waals surface area contributed by atoms with E-state index in [0.29, 0.717) is 65.3 Å². The normalized spacial score (nSPS) is 19.9. The molecule has 1 aliphatic carbocycles. The van der Waals surface area contributed by atoms with Crippen molar-refractivity contribution in [1.29, 1.82) is 0 Å². The Balaban J connectivity index is 0.973. The van der Waals surface area contributed by atoms with Crippen LogP contribution in [0.4, 0.5) is 14.0 Å². The van der Waals surface area contributed by atoms with Crippen molar-refractivity contribution in [2.75, 3.05) is 27.3 Å². The fourth-order valence-corrected chi connectivity index (χ4v) is 12.1. The molecule has 1 unspecified atom stereocenters. The summed E-state index contributed by atoms with van der Waals surface area (Å²) in [7, 11) is 2.55. The zero-order chi connectivity index (χ0) is 49.0. The van der Waals surface area contributed by atoms with Gasteiger partial charge in [-0.3, -0.25) is 14.2 Å². The Morgan fingerprint density at radius 3 is 1.87 bits per heavy atom. The SMILES string of the molecule is COC(=O)N[C@H](C(=O)N1CCC[C@H]1c1ncc(-c2cc(F)c3c(c2)OC(c2ccc(C4CCCC4)s2)n2c-3cc3cc(-c4cnc([C@@H]5CCCN5C(=O)[C@@H](NC(=O)OC)C(C)C)[nH]4)ccc32)[nH]1)C(C)C. The number of carbonyl (C=O) groups excluding carboxylic acids is 4. The molecule has 6 aromatic rings. The summed E-state index contributed by atoms with van der Waals surface area (Å²) >= 11 is 1.76. The third kappa shape index (κ3) is 8.68. The lowest BCUT2D eigenvalue weighted by Gasteiger charge is -2.30. The Bertz CT molecular complexity index is 2950. The van der Waals surface area contributed by atoms with Gasteiger partial charge in [-0.1, -0.05) is 46.6 Å². The van der Waals surface area contributed by atoms with Gasteiger partial charge in [0.1, 0.15) is 35.3 Å². The van der Waals surface area contributed by atoms with E-state index in [2.05, 4.69) is 43.4 Å². The number of hydrogen-bond acceptors (Lipinski definition) is 10. The Morgan fingerprint density at radius 2 is 1.30 bits per heavy atom. The van der Waals surface area contributed by atoms with Crippen LogP contribution < -0.4 is 15.4 Å². The predicted octanol–water partition coefficient (Wildman–Crippen LogP) is 9.97. The second kappa shape index (κ2) is 19.2. The van der Waals surface area contributed by atoms with E-state index in [1.807, 2.05) is 52.0 Å². The molecule has 16 nitrogen and oxygen atoms in total. The lowest BCUT2D eigenvalue weighted by atomic mass is 10.0. The number of methoxy groups -OCH3 is 2. The van der Waals surface area contributed by atoms with E-state index in [4.69, 9.17) is 24.2 Å². The first-order valence-electron chi connectivity index (χ1n) is 24.5. The second-order valence-corrected chi connectivity index (χ2v) is 20.8. The number of imidazole rings is 2. The fraction of sp³-hybridized carbons (Fsp3) is 0.462. The molecule has 4 aliphatic rings. The topological polar surface area (TPSA) is 189 Å². The number of thiophene rings is 1. The van der Waals surface area contributed by atoms with Gasteiger partial charge >= 0.3 is 12.2 Å². The number of ether oxygens (including phenoxy) is 3. The summed E-state index contributed by atoms with van der Waals surface area (Å²) in [6.45, 7) is 8.59. The van der Waals surface area contributed by atoms with Crippen LogP contribution in [0.1, 0.15) is 125 Å². The summed E-state index contributed by atoms with van der Waals surface area (Å²) in [6.07, 6.45) is 9.32. The zero-order valence-electron chi connectivity index (χ0n) is 40.3. The van der Waals surface area contributed by atoms with E-state index in [-0.39, 0.29) is 35.7 Å². The molecule has 0 bridgehead atoms. The van der Waals surface area contributed by atoms with Crippen LogP contribution in [0.25, 0.3) is 44.7 Å². The van der Waals surface area contributed by atoms with Gasteiger partial charge < -0.3 is 44.6 Å². The number of benzene rings is 2. The first kappa shape index (κ1) is 47.0. The molecule has 70 heavy (non-hydrogen) atoms. The van der Waals surface area contributed by atoms with Crippen LogP contribution in [-0.4, -0.2) is 97.7 Å². The third-order valence-corrected chi connectivity index (χ3v) is 15.8. The number of aromatic nitrogens is 5. The molecule has 3 aliphatic heterocycles. The Kier molecular flexibility index (Phi) is 12.9. The number of carbonyl (C=O) groups is 4. The van der Waals surface area contributed by atoms with Crippen LogP contribution in [0.5, 0.6) is 5.75 Å². The van der Waals surface area contributed by atoms with Crippen molar-refractivity contribution < 1.29 is 37.8 Å². The number of hydrogen-bond donors (Lipinski definition) is 4. The first-order valence-corrected chi connectivity index (χ1v) is 25.3. The highest BCUT2D eigenvalue weighted by atomic mass is 32.1. The van der Waals surface area contributed by atoms with E-state index in [1.165, 1.54) is 50.8 Å². The number of amides is 4. The Morgan fingerprint density at radius 1 is 0.729 bits per heavy atom. The van der Waals surface area contributed by atoms with Gasteiger partial charge in [0.05, 0.1) is 71.7 Å². The maximum Gasteiger partial charge on any atom is 0.407 e. The van der Waals surface area contributed by atoms with Gasteiger partial charge in [0.25, 0.3) is 0 Å². The van der Waals surface area contributed by atoms with Crippen molar-refractivity contribution in [1.82, 2.24) is 44.9 Å².